The van der Waals surface area contributed by atoms with Crippen molar-refractivity contribution in [3.05, 3.63) is 59.8 Å². The predicted octanol–water partition coefficient (Wildman–Crippen LogP) is 4.14. The Kier molecular flexibility index (Phi) is 5.19. The number of aromatic nitrogens is 1. The van der Waals surface area contributed by atoms with Crippen LogP contribution < -0.4 is 10.2 Å². The van der Waals surface area contributed by atoms with Crippen molar-refractivity contribution in [2.24, 2.45) is 0 Å². The molecule has 2 aliphatic rings. The minimum absolute atomic E-state index is 0.0307. The molecule has 1 saturated carbocycles. The first-order valence-electron chi connectivity index (χ1n) is 9.87. The van der Waals surface area contributed by atoms with Crippen LogP contribution in [0.25, 0.3) is 0 Å². The number of amides is 1. The molecule has 26 heavy (non-hydrogen) atoms. The van der Waals surface area contributed by atoms with Crippen LogP contribution in [0.4, 0.5) is 5.82 Å². The highest BCUT2D eigenvalue weighted by Gasteiger charge is 2.26. The number of pyridine rings is 1. The Bertz CT molecular complexity index is 732. The molecule has 2 aromatic rings. The standard InChI is InChI=1S/C22H27N3O/c26-22(20-9-6-14-23-21(20)25-15-4-5-16-25)24-19-12-10-18(11-13-19)17-7-2-1-3-8-17/h1-3,6-9,14,18-19H,4-5,10-13,15-16H2,(H,24,26). The Hall–Kier alpha value is -2.36. The van der Waals surface area contributed by atoms with Gasteiger partial charge < -0.3 is 10.2 Å². The molecule has 4 heteroatoms. The summed E-state index contributed by atoms with van der Waals surface area (Å²) in [6, 6.07) is 14.8. The van der Waals surface area contributed by atoms with E-state index in [1.54, 1.807) is 6.20 Å². The number of nitrogens with zero attached hydrogens (tertiary/aromatic N) is 2. The van der Waals surface area contributed by atoms with E-state index in [2.05, 4.69) is 45.5 Å². The minimum atomic E-state index is 0.0307. The van der Waals surface area contributed by atoms with Gasteiger partial charge in [0.25, 0.3) is 5.91 Å². The number of anilines is 1. The van der Waals surface area contributed by atoms with E-state index in [1.807, 2.05) is 12.1 Å². The fraction of sp³-hybridized carbons (Fsp3) is 0.455. The summed E-state index contributed by atoms with van der Waals surface area (Å²) in [4.78, 5) is 19.6. The quantitative estimate of drug-likeness (QED) is 0.902. The average molecular weight is 349 g/mol. The van der Waals surface area contributed by atoms with Crippen LogP contribution in [0.15, 0.2) is 48.7 Å². The third-order valence-corrected chi connectivity index (χ3v) is 5.77. The third kappa shape index (κ3) is 3.74. The maximum absolute atomic E-state index is 12.9. The lowest BCUT2D eigenvalue weighted by molar-refractivity contribution is 0.0926. The van der Waals surface area contributed by atoms with E-state index in [0.717, 1.165) is 50.2 Å². The Balaban J connectivity index is 1.37. The minimum Gasteiger partial charge on any atom is -0.356 e. The maximum Gasteiger partial charge on any atom is 0.255 e. The molecule has 2 heterocycles. The molecular weight excluding hydrogens is 322 g/mol. The molecule has 0 unspecified atom stereocenters. The monoisotopic (exact) mass is 349 g/mol. The van der Waals surface area contributed by atoms with Gasteiger partial charge in [-0.15, -0.1) is 0 Å². The second-order valence-electron chi connectivity index (χ2n) is 7.50. The molecule has 1 amide bonds. The number of rotatable bonds is 4. The molecule has 0 atom stereocenters. The molecule has 1 N–H and O–H groups in total. The topological polar surface area (TPSA) is 45.2 Å². The largest absolute Gasteiger partial charge is 0.356 e. The SMILES string of the molecule is O=C(NC1CCC(c2ccccc2)CC1)c1cccnc1N1CCCC1. The molecular formula is C22H27N3O. The van der Waals surface area contributed by atoms with Gasteiger partial charge in [-0.3, -0.25) is 4.79 Å². The zero-order chi connectivity index (χ0) is 17.8. The summed E-state index contributed by atoms with van der Waals surface area (Å²) in [6.07, 6.45) is 8.52. The zero-order valence-electron chi connectivity index (χ0n) is 15.2. The van der Waals surface area contributed by atoms with Gasteiger partial charge in [-0.05, 0) is 62.1 Å². The first-order chi connectivity index (χ1) is 12.8. The van der Waals surface area contributed by atoms with E-state index in [0.29, 0.717) is 5.92 Å². The van der Waals surface area contributed by atoms with Crippen molar-refractivity contribution in [1.29, 1.82) is 0 Å². The van der Waals surface area contributed by atoms with Crippen molar-refractivity contribution in [3.8, 4) is 0 Å². The molecule has 1 aromatic carbocycles. The number of carbonyl (C=O) groups is 1. The number of nitrogens with one attached hydrogen (secondary N) is 1. The van der Waals surface area contributed by atoms with Crippen molar-refractivity contribution in [2.45, 2.75) is 50.5 Å². The van der Waals surface area contributed by atoms with Crippen LogP contribution in [-0.4, -0.2) is 30.0 Å². The van der Waals surface area contributed by atoms with Crippen LogP contribution in [-0.2, 0) is 0 Å². The highest BCUT2D eigenvalue weighted by atomic mass is 16.1. The van der Waals surface area contributed by atoms with E-state index in [1.165, 1.54) is 18.4 Å². The van der Waals surface area contributed by atoms with Gasteiger partial charge in [0.2, 0.25) is 0 Å². The average Bonchev–Trinajstić information content (AvgIpc) is 3.24. The predicted molar refractivity (Wildman–Crippen MR) is 105 cm³/mol. The van der Waals surface area contributed by atoms with Crippen LogP contribution in [0.5, 0.6) is 0 Å². The summed E-state index contributed by atoms with van der Waals surface area (Å²) in [5.74, 6) is 1.51. The molecule has 1 aliphatic carbocycles. The number of hydrogen-bond acceptors (Lipinski definition) is 3. The number of hydrogen-bond donors (Lipinski definition) is 1. The van der Waals surface area contributed by atoms with Gasteiger partial charge in [0, 0.05) is 25.3 Å². The highest BCUT2D eigenvalue weighted by Crippen LogP contribution is 2.33. The van der Waals surface area contributed by atoms with Crippen LogP contribution in [0, 0.1) is 0 Å². The van der Waals surface area contributed by atoms with Gasteiger partial charge in [0.05, 0.1) is 5.56 Å². The molecule has 1 saturated heterocycles. The van der Waals surface area contributed by atoms with E-state index >= 15 is 0 Å². The van der Waals surface area contributed by atoms with Crippen molar-refractivity contribution in [2.75, 3.05) is 18.0 Å². The summed E-state index contributed by atoms with van der Waals surface area (Å²) < 4.78 is 0. The first kappa shape index (κ1) is 17.1. The summed E-state index contributed by atoms with van der Waals surface area (Å²) in [7, 11) is 0. The molecule has 0 radical (unpaired) electrons. The molecule has 2 fully saturated rings. The van der Waals surface area contributed by atoms with E-state index in [4.69, 9.17) is 0 Å². The van der Waals surface area contributed by atoms with Crippen molar-refractivity contribution in [3.63, 3.8) is 0 Å². The lowest BCUT2D eigenvalue weighted by Crippen LogP contribution is -2.38. The fourth-order valence-corrected chi connectivity index (χ4v) is 4.31. The van der Waals surface area contributed by atoms with Crippen LogP contribution in [0.2, 0.25) is 0 Å². The van der Waals surface area contributed by atoms with Crippen molar-refractivity contribution >= 4 is 11.7 Å². The molecule has 1 aromatic heterocycles. The summed E-state index contributed by atoms with van der Waals surface area (Å²) in [6.45, 7) is 2.00. The fourth-order valence-electron chi connectivity index (χ4n) is 4.31. The smallest absolute Gasteiger partial charge is 0.255 e. The molecule has 0 spiro atoms. The first-order valence-corrected chi connectivity index (χ1v) is 9.87. The Morgan fingerprint density at radius 1 is 0.962 bits per heavy atom. The summed E-state index contributed by atoms with van der Waals surface area (Å²) in [5, 5.41) is 3.27. The van der Waals surface area contributed by atoms with Gasteiger partial charge in [-0.25, -0.2) is 4.98 Å². The van der Waals surface area contributed by atoms with Crippen LogP contribution in [0.1, 0.15) is 60.4 Å². The van der Waals surface area contributed by atoms with Gasteiger partial charge in [-0.1, -0.05) is 30.3 Å². The van der Waals surface area contributed by atoms with Crippen LogP contribution >= 0.6 is 0 Å². The molecule has 0 bridgehead atoms. The molecule has 4 rings (SSSR count). The number of benzene rings is 1. The molecule has 1 aliphatic heterocycles. The normalized spacial score (nSPS) is 23.0. The van der Waals surface area contributed by atoms with Crippen molar-refractivity contribution in [1.82, 2.24) is 10.3 Å². The lowest BCUT2D eigenvalue weighted by atomic mass is 9.82. The van der Waals surface area contributed by atoms with E-state index in [9.17, 15) is 4.79 Å². The van der Waals surface area contributed by atoms with Gasteiger partial charge in [-0.2, -0.15) is 0 Å². The van der Waals surface area contributed by atoms with Crippen molar-refractivity contribution < 1.29 is 4.79 Å². The van der Waals surface area contributed by atoms with Crippen LogP contribution in [0.3, 0.4) is 0 Å². The Morgan fingerprint density at radius 2 is 1.69 bits per heavy atom. The third-order valence-electron chi connectivity index (χ3n) is 5.77. The summed E-state index contributed by atoms with van der Waals surface area (Å²) in [5.41, 5.74) is 2.15. The van der Waals surface area contributed by atoms with Gasteiger partial charge in [0.15, 0.2) is 0 Å². The number of carbonyl (C=O) groups excluding carboxylic acids is 1. The van der Waals surface area contributed by atoms with E-state index in [-0.39, 0.29) is 11.9 Å². The second-order valence-corrected chi connectivity index (χ2v) is 7.50. The maximum atomic E-state index is 12.9. The second kappa shape index (κ2) is 7.90. The van der Waals surface area contributed by atoms with Gasteiger partial charge in [0.1, 0.15) is 5.82 Å². The highest BCUT2D eigenvalue weighted by molar-refractivity contribution is 5.99. The summed E-state index contributed by atoms with van der Waals surface area (Å²) >= 11 is 0. The van der Waals surface area contributed by atoms with Gasteiger partial charge >= 0.3 is 0 Å². The lowest BCUT2D eigenvalue weighted by Gasteiger charge is -2.30. The molecule has 136 valence electrons. The zero-order valence-corrected chi connectivity index (χ0v) is 15.2. The van der Waals surface area contributed by atoms with E-state index < -0.39 is 0 Å². The molecule has 4 nitrogen and oxygen atoms in total. The Morgan fingerprint density at radius 3 is 2.42 bits per heavy atom. The Labute approximate surface area is 155 Å².